The van der Waals surface area contributed by atoms with E-state index in [4.69, 9.17) is 32.7 Å². The Labute approximate surface area is 214 Å². The topological polar surface area (TPSA) is 84.9 Å². The summed E-state index contributed by atoms with van der Waals surface area (Å²) in [7, 11) is -3.97. The third-order valence-corrected chi connectivity index (χ3v) is 7.94. The van der Waals surface area contributed by atoms with Gasteiger partial charge in [0.1, 0.15) is 18.1 Å². The summed E-state index contributed by atoms with van der Waals surface area (Å²) in [5, 5.41) is 3.69. The SMILES string of the molecule is Cc1ccc(S(=O)(=O)N2CC(C(=O)NCCOc3ccc(C)c(Cl)c3)Oc3ccc(Cl)cc32)cc1. The quantitative estimate of drug-likeness (QED) is 0.441. The van der Waals surface area contributed by atoms with Gasteiger partial charge in [0.2, 0.25) is 0 Å². The minimum Gasteiger partial charge on any atom is -0.492 e. The average molecular weight is 535 g/mol. The lowest BCUT2D eigenvalue weighted by Crippen LogP contribution is -2.51. The molecule has 3 aromatic rings. The number of hydrogen-bond donors (Lipinski definition) is 1. The molecule has 184 valence electrons. The van der Waals surface area contributed by atoms with Gasteiger partial charge in [-0.3, -0.25) is 9.10 Å². The van der Waals surface area contributed by atoms with Gasteiger partial charge in [-0.15, -0.1) is 0 Å². The van der Waals surface area contributed by atoms with E-state index in [1.165, 1.54) is 18.2 Å². The van der Waals surface area contributed by atoms with Crippen LogP contribution in [0.4, 0.5) is 5.69 Å². The van der Waals surface area contributed by atoms with E-state index in [2.05, 4.69) is 5.32 Å². The molecule has 7 nitrogen and oxygen atoms in total. The van der Waals surface area contributed by atoms with Gasteiger partial charge in [0.25, 0.3) is 15.9 Å². The zero-order chi connectivity index (χ0) is 25.2. The third kappa shape index (κ3) is 5.66. The Hall–Kier alpha value is -2.94. The number of carbonyl (C=O) groups excluding carboxylic acids is 1. The van der Waals surface area contributed by atoms with E-state index in [9.17, 15) is 13.2 Å². The number of nitrogens with one attached hydrogen (secondary N) is 1. The van der Waals surface area contributed by atoms with E-state index >= 15 is 0 Å². The maximum atomic E-state index is 13.5. The Balaban J connectivity index is 1.48. The van der Waals surface area contributed by atoms with Crippen molar-refractivity contribution in [1.82, 2.24) is 5.32 Å². The lowest BCUT2D eigenvalue weighted by atomic mass is 10.2. The molecule has 1 heterocycles. The fourth-order valence-electron chi connectivity index (χ4n) is 3.55. The van der Waals surface area contributed by atoms with E-state index in [0.717, 1.165) is 15.4 Å². The van der Waals surface area contributed by atoms with Crippen LogP contribution in [0.2, 0.25) is 10.0 Å². The van der Waals surface area contributed by atoms with Crippen molar-refractivity contribution >= 4 is 44.8 Å². The van der Waals surface area contributed by atoms with E-state index in [0.29, 0.717) is 15.8 Å². The molecule has 0 bridgehead atoms. The summed E-state index contributed by atoms with van der Waals surface area (Å²) in [5.41, 5.74) is 2.15. The Morgan fingerprint density at radius 2 is 1.83 bits per heavy atom. The summed E-state index contributed by atoms with van der Waals surface area (Å²) >= 11 is 12.2. The zero-order valence-corrected chi connectivity index (χ0v) is 21.5. The number of hydrogen-bond acceptors (Lipinski definition) is 5. The fourth-order valence-corrected chi connectivity index (χ4v) is 5.35. The second-order valence-electron chi connectivity index (χ2n) is 8.12. The number of ether oxygens (including phenoxy) is 2. The standard InChI is InChI=1S/C25H24Cl2N2O5S/c1-16-3-8-20(9-4-16)35(31,32)29-15-24(34-23-10-6-18(26)13-22(23)29)25(30)28-11-12-33-19-7-5-17(2)21(27)14-19/h3-10,13-14,24H,11-12,15H2,1-2H3,(H,28,30). The molecule has 0 aromatic heterocycles. The first-order valence-electron chi connectivity index (χ1n) is 10.9. The molecule has 1 aliphatic rings. The maximum absolute atomic E-state index is 13.5. The van der Waals surface area contributed by atoms with Crippen LogP contribution in [0.15, 0.2) is 65.6 Å². The summed E-state index contributed by atoms with van der Waals surface area (Å²) in [5.74, 6) is 0.382. The smallest absolute Gasteiger partial charge is 0.264 e. The zero-order valence-electron chi connectivity index (χ0n) is 19.1. The molecule has 0 aliphatic carbocycles. The van der Waals surface area contributed by atoms with Gasteiger partial charge in [0.05, 0.1) is 23.7 Å². The number of benzene rings is 3. The Morgan fingerprint density at radius 3 is 2.54 bits per heavy atom. The Bertz CT molecular complexity index is 1350. The van der Waals surface area contributed by atoms with Crippen molar-refractivity contribution in [2.24, 2.45) is 0 Å². The lowest BCUT2D eigenvalue weighted by Gasteiger charge is -2.34. The molecule has 0 spiro atoms. The predicted octanol–water partition coefficient (Wildman–Crippen LogP) is 4.76. The summed E-state index contributed by atoms with van der Waals surface area (Å²) < 4.78 is 39.6. The number of halogens is 2. The van der Waals surface area contributed by atoms with Crippen molar-refractivity contribution in [2.75, 3.05) is 24.0 Å². The largest absolute Gasteiger partial charge is 0.492 e. The van der Waals surface area contributed by atoms with Crippen LogP contribution in [0, 0.1) is 13.8 Å². The highest BCUT2D eigenvalue weighted by molar-refractivity contribution is 7.92. The predicted molar refractivity (Wildman–Crippen MR) is 136 cm³/mol. The second kappa shape index (κ2) is 10.4. The highest BCUT2D eigenvalue weighted by Crippen LogP contribution is 2.38. The lowest BCUT2D eigenvalue weighted by molar-refractivity contribution is -0.127. The van der Waals surface area contributed by atoms with Gasteiger partial charge in [-0.25, -0.2) is 8.42 Å². The van der Waals surface area contributed by atoms with Gasteiger partial charge in [-0.1, -0.05) is 47.0 Å². The molecule has 1 atom stereocenters. The van der Waals surface area contributed by atoms with Crippen molar-refractivity contribution in [3.63, 3.8) is 0 Å². The number of sulfonamides is 1. The van der Waals surface area contributed by atoms with Crippen LogP contribution in [0.3, 0.4) is 0 Å². The molecule has 4 rings (SSSR count). The van der Waals surface area contributed by atoms with Crippen LogP contribution < -0.4 is 19.1 Å². The third-order valence-electron chi connectivity index (χ3n) is 5.51. The summed E-state index contributed by atoms with van der Waals surface area (Å²) in [6.45, 7) is 3.96. The molecule has 0 radical (unpaired) electrons. The average Bonchev–Trinajstić information content (AvgIpc) is 2.83. The Kier molecular flexibility index (Phi) is 7.44. The van der Waals surface area contributed by atoms with Crippen molar-refractivity contribution in [2.45, 2.75) is 24.8 Å². The van der Waals surface area contributed by atoms with Crippen molar-refractivity contribution in [3.8, 4) is 11.5 Å². The first-order valence-corrected chi connectivity index (χ1v) is 13.1. The number of carbonyl (C=O) groups is 1. The van der Waals surface area contributed by atoms with Crippen molar-refractivity contribution < 1.29 is 22.7 Å². The first-order chi connectivity index (χ1) is 16.6. The van der Waals surface area contributed by atoms with E-state index in [1.54, 1.807) is 36.4 Å². The van der Waals surface area contributed by atoms with Gasteiger partial charge >= 0.3 is 0 Å². The van der Waals surface area contributed by atoms with Gasteiger partial charge < -0.3 is 14.8 Å². The molecule has 35 heavy (non-hydrogen) atoms. The van der Waals surface area contributed by atoms with E-state index in [-0.39, 0.29) is 36.0 Å². The van der Waals surface area contributed by atoms with Gasteiger partial charge in [-0.2, -0.15) is 0 Å². The number of aryl methyl sites for hydroxylation is 2. The number of nitrogens with zero attached hydrogens (tertiary/aromatic N) is 1. The number of amides is 1. The van der Waals surface area contributed by atoms with Gasteiger partial charge in [0.15, 0.2) is 6.10 Å². The maximum Gasteiger partial charge on any atom is 0.264 e. The summed E-state index contributed by atoms with van der Waals surface area (Å²) in [6, 6.07) is 16.5. The van der Waals surface area contributed by atoms with Crippen molar-refractivity contribution in [3.05, 3.63) is 81.8 Å². The van der Waals surface area contributed by atoms with Crippen LogP contribution in [0.25, 0.3) is 0 Å². The molecule has 0 saturated carbocycles. The fraction of sp³-hybridized carbons (Fsp3) is 0.240. The number of anilines is 1. The molecule has 1 N–H and O–H groups in total. The summed E-state index contributed by atoms with van der Waals surface area (Å²) in [6.07, 6.45) is -1.06. The van der Waals surface area contributed by atoms with E-state index in [1.807, 2.05) is 19.9 Å². The molecule has 0 fully saturated rings. The van der Waals surface area contributed by atoms with Crippen LogP contribution in [-0.2, 0) is 14.8 Å². The molecular formula is C25H24Cl2N2O5S. The van der Waals surface area contributed by atoms with Gasteiger partial charge in [-0.05, 0) is 61.9 Å². The summed E-state index contributed by atoms with van der Waals surface area (Å²) in [4.78, 5) is 13.0. The second-order valence-corrected chi connectivity index (χ2v) is 10.8. The van der Waals surface area contributed by atoms with Crippen molar-refractivity contribution in [1.29, 1.82) is 0 Å². The molecule has 1 amide bonds. The minimum absolute atomic E-state index is 0.111. The Morgan fingerprint density at radius 1 is 1.09 bits per heavy atom. The highest BCUT2D eigenvalue weighted by atomic mass is 35.5. The van der Waals surface area contributed by atoms with Crippen LogP contribution in [0.1, 0.15) is 11.1 Å². The molecule has 10 heteroatoms. The molecule has 1 aliphatic heterocycles. The first kappa shape index (κ1) is 25.2. The number of rotatable bonds is 7. The van der Waals surface area contributed by atoms with Crippen LogP contribution >= 0.6 is 23.2 Å². The minimum atomic E-state index is -3.97. The molecule has 0 saturated heterocycles. The number of fused-ring (bicyclic) bond motifs is 1. The molecule has 3 aromatic carbocycles. The van der Waals surface area contributed by atoms with Gasteiger partial charge in [0, 0.05) is 10.0 Å². The highest BCUT2D eigenvalue weighted by Gasteiger charge is 2.37. The molecular weight excluding hydrogens is 511 g/mol. The van der Waals surface area contributed by atoms with Crippen LogP contribution in [0.5, 0.6) is 11.5 Å². The monoisotopic (exact) mass is 534 g/mol. The molecule has 1 unspecified atom stereocenters. The normalized spacial score (nSPS) is 15.2. The van der Waals surface area contributed by atoms with E-state index < -0.39 is 22.0 Å². The van der Waals surface area contributed by atoms with Crippen LogP contribution in [-0.4, -0.2) is 40.1 Å².